The summed E-state index contributed by atoms with van der Waals surface area (Å²) < 4.78 is 27.4. The molecule has 0 radical (unpaired) electrons. The first-order valence-electron chi connectivity index (χ1n) is 6.94. The fraction of sp³-hybridized carbons (Fsp3) is 0.294. The molecule has 0 bridgehead atoms. The minimum Gasteiger partial charge on any atom is -0.310 e. The summed E-state index contributed by atoms with van der Waals surface area (Å²) in [5, 5.41) is 3.40. The molecule has 1 N–H and O–H groups in total. The molecule has 112 valence electrons. The summed E-state index contributed by atoms with van der Waals surface area (Å²) in [7, 11) is 0. The van der Waals surface area contributed by atoms with E-state index in [-0.39, 0.29) is 6.04 Å². The fourth-order valence-corrected chi connectivity index (χ4v) is 3.13. The Balaban J connectivity index is 2.28. The maximum Gasteiger partial charge on any atom is 0.159 e. The van der Waals surface area contributed by atoms with Gasteiger partial charge in [-0.15, -0.1) is 0 Å². The van der Waals surface area contributed by atoms with E-state index >= 15 is 0 Å². The van der Waals surface area contributed by atoms with E-state index in [1.54, 1.807) is 6.07 Å². The zero-order valence-corrected chi connectivity index (χ0v) is 13.7. The van der Waals surface area contributed by atoms with Gasteiger partial charge in [-0.05, 0) is 54.8 Å². The molecule has 4 heteroatoms. The van der Waals surface area contributed by atoms with Gasteiger partial charge in [0.15, 0.2) is 11.6 Å². The summed E-state index contributed by atoms with van der Waals surface area (Å²) in [6.45, 7) is 4.86. The van der Waals surface area contributed by atoms with Crippen molar-refractivity contribution in [2.75, 3.05) is 6.54 Å². The maximum absolute atomic E-state index is 13.3. The molecule has 0 saturated carbocycles. The number of rotatable bonds is 5. The van der Waals surface area contributed by atoms with Gasteiger partial charge >= 0.3 is 0 Å². The predicted octanol–water partition coefficient (Wildman–Crippen LogP) is 4.93. The number of aryl methyl sites for hydroxylation is 1. The van der Waals surface area contributed by atoms with Crippen molar-refractivity contribution in [3.63, 3.8) is 0 Å². The van der Waals surface area contributed by atoms with Crippen molar-refractivity contribution in [2.45, 2.75) is 26.3 Å². The molecule has 2 aromatic rings. The van der Waals surface area contributed by atoms with Gasteiger partial charge in [0.2, 0.25) is 0 Å². The number of likely N-dealkylation sites (N-methyl/N-ethyl adjacent to an activating group) is 1. The van der Waals surface area contributed by atoms with Crippen LogP contribution in [0.25, 0.3) is 0 Å². The van der Waals surface area contributed by atoms with E-state index in [2.05, 4.69) is 39.4 Å². The van der Waals surface area contributed by atoms with E-state index in [0.29, 0.717) is 6.42 Å². The molecule has 2 aromatic carbocycles. The first-order chi connectivity index (χ1) is 10.0. The number of hydrogen-bond acceptors (Lipinski definition) is 1. The van der Waals surface area contributed by atoms with Gasteiger partial charge in [0.05, 0.1) is 0 Å². The van der Waals surface area contributed by atoms with Gasteiger partial charge in [0.1, 0.15) is 0 Å². The van der Waals surface area contributed by atoms with Gasteiger partial charge in [-0.3, -0.25) is 0 Å². The standard InChI is InChI=1S/C17H18BrF2N/c1-3-21-17(13-6-4-11(2)8-14(13)18)10-12-5-7-15(19)16(20)9-12/h4-9,17,21H,3,10H2,1-2H3. The van der Waals surface area contributed by atoms with E-state index in [0.717, 1.165) is 22.1 Å². The Labute approximate surface area is 132 Å². The number of hydrogen-bond donors (Lipinski definition) is 1. The predicted molar refractivity (Wildman–Crippen MR) is 85.4 cm³/mol. The molecule has 1 unspecified atom stereocenters. The van der Waals surface area contributed by atoms with Crippen molar-refractivity contribution in [2.24, 2.45) is 0 Å². The van der Waals surface area contributed by atoms with Crippen molar-refractivity contribution in [3.8, 4) is 0 Å². The molecule has 0 fully saturated rings. The highest BCUT2D eigenvalue weighted by Crippen LogP contribution is 2.27. The van der Waals surface area contributed by atoms with Gasteiger partial charge in [0, 0.05) is 10.5 Å². The molecule has 1 atom stereocenters. The highest BCUT2D eigenvalue weighted by atomic mass is 79.9. The largest absolute Gasteiger partial charge is 0.310 e. The Morgan fingerprint density at radius 3 is 2.48 bits per heavy atom. The highest BCUT2D eigenvalue weighted by Gasteiger charge is 2.15. The van der Waals surface area contributed by atoms with E-state index in [9.17, 15) is 8.78 Å². The lowest BCUT2D eigenvalue weighted by atomic mass is 9.98. The van der Waals surface area contributed by atoms with Crippen LogP contribution in [-0.4, -0.2) is 6.54 Å². The lowest BCUT2D eigenvalue weighted by molar-refractivity contribution is 0.502. The Kier molecular flexibility index (Phi) is 5.48. The zero-order valence-electron chi connectivity index (χ0n) is 12.1. The Morgan fingerprint density at radius 2 is 1.86 bits per heavy atom. The Bertz CT molecular complexity index is 628. The molecule has 0 heterocycles. The number of nitrogens with one attached hydrogen (secondary N) is 1. The second-order valence-corrected chi connectivity index (χ2v) is 5.94. The maximum atomic E-state index is 13.3. The van der Waals surface area contributed by atoms with Crippen LogP contribution in [0.15, 0.2) is 40.9 Å². The first-order valence-corrected chi connectivity index (χ1v) is 7.74. The van der Waals surface area contributed by atoms with Crippen LogP contribution in [0.4, 0.5) is 8.78 Å². The summed E-state index contributed by atoms with van der Waals surface area (Å²) in [6, 6.07) is 10.3. The number of halogens is 3. The smallest absolute Gasteiger partial charge is 0.159 e. The van der Waals surface area contributed by atoms with E-state index in [1.807, 2.05) is 13.8 Å². The van der Waals surface area contributed by atoms with Crippen molar-refractivity contribution in [1.82, 2.24) is 5.32 Å². The minimum atomic E-state index is -0.810. The van der Waals surface area contributed by atoms with E-state index in [4.69, 9.17) is 0 Å². The molecular formula is C17H18BrF2N. The van der Waals surface area contributed by atoms with Crippen LogP contribution < -0.4 is 5.32 Å². The highest BCUT2D eigenvalue weighted by molar-refractivity contribution is 9.10. The number of benzene rings is 2. The van der Waals surface area contributed by atoms with Crippen LogP contribution in [0.3, 0.4) is 0 Å². The van der Waals surface area contributed by atoms with Crippen LogP contribution in [0.1, 0.15) is 29.7 Å². The van der Waals surface area contributed by atoms with Crippen LogP contribution in [0.5, 0.6) is 0 Å². The van der Waals surface area contributed by atoms with E-state index in [1.165, 1.54) is 17.7 Å². The summed E-state index contributed by atoms with van der Waals surface area (Å²) >= 11 is 3.58. The van der Waals surface area contributed by atoms with Crippen molar-refractivity contribution < 1.29 is 8.78 Å². The normalized spacial score (nSPS) is 12.4. The summed E-state index contributed by atoms with van der Waals surface area (Å²) in [5.41, 5.74) is 3.06. The Hall–Kier alpha value is -1.26. The van der Waals surface area contributed by atoms with Gasteiger partial charge in [0.25, 0.3) is 0 Å². The van der Waals surface area contributed by atoms with Gasteiger partial charge < -0.3 is 5.32 Å². The van der Waals surface area contributed by atoms with Crippen LogP contribution >= 0.6 is 15.9 Å². The van der Waals surface area contributed by atoms with Crippen molar-refractivity contribution >= 4 is 15.9 Å². The summed E-state index contributed by atoms with van der Waals surface area (Å²) in [4.78, 5) is 0. The molecular weight excluding hydrogens is 336 g/mol. The van der Waals surface area contributed by atoms with Crippen LogP contribution in [-0.2, 0) is 6.42 Å². The van der Waals surface area contributed by atoms with E-state index < -0.39 is 11.6 Å². The average Bonchev–Trinajstić information content (AvgIpc) is 2.42. The molecule has 0 aliphatic carbocycles. The molecule has 2 rings (SSSR count). The SMILES string of the molecule is CCNC(Cc1ccc(F)c(F)c1)c1ccc(C)cc1Br. The monoisotopic (exact) mass is 353 g/mol. The van der Waals surface area contributed by atoms with Gasteiger partial charge in [-0.25, -0.2) is 8.78 Å². The van der Waals surface area contributed by atoms with Crippen LogP contribution in [0.2, 0.25) is 0 Å². The summed E-state index contributed by atoms with van der Waals surface area (Å²) in [6.07, 6.45) is 0.604. The molecule has 0 saturated heterocycles. The van der Waals surface area contributed by atoms with Crippen molar-refractivity contribution in [1.29, 1.82) is 0 Å². The topological polar surface area (TPSA) is 12.0 Å². The van der Waals surface area contributed by atoms with Crippen LogP contribution in [0, 0.1) is 18.6 Å². The molecule has 0 aliphatic rings. The molecule has 0 amide bonds. The van der Waals surface area contributed by atoms with Gasteiger partial charge in [-0.1, -0.05) is 41.1 Å². The lowest BCUT2D eigenvalue weighted by Gasteiger charge is -2.20. The Morgan fingerprint density at radius 1 is 1.10 bits per heavy atom. The first kappa shape index (κ1) is 16.1. The third kappa shape index (κ3) is 4.11. The fourth-order valence-electron chi connectivity index (χ4n) is 2.36. The molecule has 21 heavy (non-hydrogen) atoms. The quantitative estimate of drug-likeness (QED) is 0.803. The summed E-state index contributed by atoms with van der Waals surface area (Å²) in [5.74, 6) is -1.61. The minimum absolute atomic E-state index is 0.0508. The average molecular weight is 354 g/mol. The third-order valence-corrected chi connectivity index (χ3v) is 4.09. The second-order valence-electron chi connectivity index (χ2n) is 5.09. The lowest BCUT2D eigenvalue weighted by Crippen LogP contribution is -2.23. The molecule has 1 nitrogen and oxygen atoms in total. The van der Waals surface area contributed by atoms with Gasteiger partial charge in [-0.2, -0.15) is 0 Å². The third-order valence-electron chi connectivity index (χ3n) is 3.41. The zero-order chi connectivity index (χ0) is 15.4. The van der Waals surface area contributed by atoms with Crippen molar-refractivity contribution in [3.05, 3.63) is 69.2 Å². The molecule has 0 spiro atoms. The molecule has 0 aliphatic heterocycles. The molecule has 0 aromatic heterocycles. The second kappa shape index (κ2) is 7.14.